The molecule has 0 aromatic heterocycles. The topological polar surface area (TPSA) is 113 Å². The highest BCUT2D eigenvalue weighted by Gasteiger charge is 2.26. The molecule has 1 fully saturated rings. The van der Waals surface area contributed by atoms with Gasteiger partial charge in [-0.3, -0.25) is 9.59 Å². The van der Waals surface area contributed by atoms with Crippen LogP contribution in [0.25, 0.3) is 0 Å². The van der Waals surface area contributed by atoms with Crippen LogP contribution >= 0.6 is 0 Å². The quantitative estimate of drug-likeness (QED) is 0.679. The van der Waals surface area contributed by atoms with Crippen molar-refractivity contribution in [3.05, 3.63) is 30.3 Å². The van der Waals surface area contributed by atoms with Crippen LogP contribution < -0.4 is 10.0 Å². The molecule has 1 aromatic carbocycles. The number of benzene rings is 1. The van der Waals surface area contributed by atoms with Crippen LogP contribution in [0, 0.1) is 5.92 Å². The maximum atomic E-state index is 12.0. The fourth-order valence-electron chi connectivity index (χ4n) is 2.77. The van der Waals surface area contributed by atoms with Crippen LogP contribution in [0.2, 0.25) is 0 Å². The van der Waals surface area contributed by atoms with Crippen molar-refractivity contribution in [3.63, 3.8) is 0 Å². The Bertz CT molecular complexity index is 667. The molecule has 1 aliphatic carbocycles. The maximum absolute atomic E-state index is 12.0. The Morgan fingerprint density at radius 3 is 2.29 bits per heavy atom. The molecule has 24 heavy (non-hydrogen) atoms. The Labute approximate surface area is 141 Å². The van der Waals surface area contributed by atoms with Crippen LogP contribution in [0.1, 0.15) is 32.1 Å². The molecule has 0 bridgehead atoms. The number of hydrogen-bond acceptors (Lipinski definition) is 4. The van der Waals surface area contributed by atoms with Crippen molar-refractivity contribution < 1.29 is 23.1 Å². The number of carbonyl (C=O) groups is 2. The van der Waals surface area contributed by atoms with Gasteiger partial charge in [0.2, 0.25) is 15.9 Å². The summed E-state index contributed by atoms with van der Waals surface area (Å²) in [5, 5.41) is 11.8. The lowest BCUT2D eigenvalue weighted by Gasteiger charge is -2.26. The van der Waals surface area contributed by atoms with Gasteiger partial charge in [0, 0.05) is 19.0 Å². The molecule has 0 saturated heterocycles. The van der Waals surface area contributed by atoms with Crippen molar-refractivity contribution in [1.82, 2.24) is 10.0 Å². The van der Waals surface area contributed by atoms with Crippen molar-refractivity contribution in [3.8, 4) is 0 Å². The second kappa shape index (κ2) is 8.25. The standard InChI is InChI=1S/C16H22N2O5S/c19-15(18-13-8-6-12(7-9-13)16(20)21)10-11-17-24(22,23)14-4-2-1-3-5-14/h1-5,12-13,17H,6-11H2,(H,18,19)(H,20,21). The molecule has 1 saturated carbocycles. The van der Waals surface area contributed by atoms with Crippen LogP contribution in [0.4, 0.5) is 0 Å². The first kappa shape index (κ1) is 18.4. The smallest absolute Gasteiger partial charge is 0.306 e. The molecule has 1 aromatic rings. The Morgan fingerprint density at radius 2 is 1.71 bits per heavy atom. The van der Waals surface area contributed by atoms with Gasteiger partial charge in [0.15, 0.2) is 0 Å². The minimum atomic E-state index is -3.60. The molecule has 0 unspecified atom stereocenters. The fraction of sp³-hybridized carbons (Fsp3) is 0.500. The van der Waals surface area contributed by atoms with Gasteiger partial charge in [0.1, 0.15) is 0 Å². The summed E-state index contributed by atoms with van der Waals surface area (Å²) in [6.45, 7) is 0.0214. The average Bonchev–Trinajstić information content (AvgIpc) is 2.56. The predicted molar refractivity (Wildman–Crippen MR) is 87.8 cm³/mol. The number of carbonyl (C=O) groups excluding carboxylic acids is 1. The van der Waals surface area contributed by atoms with E-state index in [1.54, 1.807) is 18.2 Å². The van der Waals surface area contributed by atoms with Gasteiger partial charge >= 0.3 is 5.97 Å². The number of sulfonamides is 1. The van der Waals surface area contributed by atoms with Crippen LogP contribution in [0.15, 0.2) is 35.2 Å². The summed E-state index contributed by atoms with van der Waals surface area (Å²) in [6, 6.07) is 7.94. The number of rotatable bonds is 7. The molecule has 8 heteroatoms. The Hall–Kier alpha value is -1.93. The van der Waals surface area contributed by atoms with Crippen LogP contribution in [0.3, 0.4) is 0 Å². The minimum Gasteiger partial charge on any atom is -0.481 e. The van der Waals surface area contributed by atoms with Crippen molar-refractivity contribution in [2.45, 2.75) is 43.0 Å². The number of hydrogen-bond donors (Lipinski definition) is 3. The van der Waals surface area contributed by atoms with E-state index in [9.17, 15) is 18.0 Å². The number of carboxylic acid groups (broad SMARTS) is 1. The van der Waals surface area contributed by atoms with Crippen molar-refractivity contribution in [1.29, 1.82) is 0 Å². The molecule has 2 rings (SSSR count). The predicted octanol–water partition coefficient (Wildman–Crippen LogP) is 1.11. The number of carboxylic acids is 1. The van der Waals surface area contributed by atoms with E-state index in [1.807, 2.05) is 0 Å². The highest BCUT2D eigenvalue weighted by molar-refractivity contribution is 7.89. The van der Waals surface area contributed by atoms with Gasteiger partial charge in [0.05, 0.1) is 10.8 Å². The molecule has 0 radical (unpaired) electrons. The minimum absolute atomic E-state index is 0.0214. The average molecular weight is 354 g/mol. The van der Waals surface area contributed by atoms with Gasteiger partial charge < -0.3 is 10.4 Å². The van der Waals surface area contributed by atoms with E-state index < -0.39 is 16.0 Å². The molecule has 132 valence electrons. The van der Waals surface area contributed by atoms with Gasteiger partial charge in [-0.05, 0) is 37.8 Å². The van der Waals surface area contributed by atoms with Gasteiger partial charge in [-0.1, -0.05) is 18.2 Å². The van der Waals surface area contributed by atoms with Gasteiger partial charge in [-0.25, -0.2) is 13.1 Å². The summed E-state index contributed by atoms with van der Waals surface area (Å²) in [4.78, 5) is 22.9. The molecule has 0 spiro atoms. The Kier molecular flexibility index (Phi) is 6.33. The monoisotopic (exact) mass is 354 g/mol. The fourth-order valence-corrected chi connectivity index (χ4v) is 3.82. The first-order valence-corrected chi connectivity index (χ1v) is 9.43. The van der Waals surface area contributed by atoms with Crippen LogP contribution in [-0.4, -0.2) is 38.0 Å². The lowest BCUT2D eigenvalue weighted by atomic mass is 9.86. The van der Waals surface area contributed by atoms with E-state index in [1.165, 1.54) is 12.1 Å². The summed E-state index contributed by atoms with van der Waals surface area (Å²) in [5.74, 6) is -1.34. The first-order chi connectivity index (χ1) is 11.4. The third-order valence-corrected chi connectivity index (χ3v) is 5.62. The second-order valence-electron chi connectivity index (χ2n) is 5.92. The van der Waals surface area contributed by atoms with E-state index >= 15 is 0 Å². The molecule has 7 nitrogen and oxygen atoms in total. The third-order valence-electron chi connectivity index (χ3n) is 4.14. The highest BCUT2D eigenvalue weighted by Crippen LogP contribution is 2.24. The lowest BCUT2D eigenvalue weighted by molar-refractivity contribution is -0.142. The lowest BCUT2D eigenvalue weighted by Crippen LogP contribution is -2.40. The third kappa shape index (κ3) is 5.31. The summed E-state index contributed by atoms with van der Waals surface area (Å²) in [6.07, 6.45) is 2.43. The first-order valence-electron chi connectivity index (χ1n) is 7.95. The Morgan fingerprint density at radius 1 is 1.08 bits per heavy atom. The zero-order valence-electron chi connectivity index (χ0n) is 13.3. The number of amides is 1. The zero-order chi connectivity index (χ0) is 17.6. The molecule has 1 amide bonds. The molecule has 0 atom stereocenters. The van der Waals surface area contributed by atoms with Crippen molar-refractivity contribution in [2.24, 2.45) is 5.92 Å². The van der Waals surface area contributed by atoms with E-state index in [4.69, 9.17) is 5.11 Å². The van der Waals surface area contributed by atoms with Crippen molar-refractivity contribution in [2.75, 3.05) is 6.54 Å². The highest BCUT2D eigenvalue weighted by atomic mass is 32.2. The summed E-state index contributed by atoms with van der Waals surface area (Å²) >= 11 is 0. The molecule has 1 aliphatic rings. The van der Waals surface area contributed by atoms with E-state index in [0.29, 0.717) is 25.7 Å². The molecule has 0 heterocycles. The number of aliphatic carboxylic acids is 1. The summed E-state index contributed by atoms with van der Waals surface area (Å²) in [5.41, 5.74) is 0. The normalized spacial score (nSPS) is 21.2. The van der Waals surface area contributed by atoms with Gasteiger partial charge in [-0.2, -0.15) is 0 Å². The SMILES string of the molecule is O=C(CCNS(=O)(=O)c1ccccc1)NC1CCC(C(=O)O)CC1. The Balaban J connectivity index is 1.71. The van der Waals surface area contributed by atoms with Crippen molar-refractivity contribution >= 4 is 21.9 Å². The maximum Gasteiger partial charge on any atom is 0.306 e. The van der Waals surface area contributed by atoms with E-state index in [2.05, 4.69) is 10.0 Å². The molecule has 3 N–H and O–H groups in total. The van der Waals surface area contributed by atoms with E-state index in [0.717, 1.165) is 0 Å². The molecular weight excluding hydrogens is 332 g/mol. The summed E-state index contributed by atoms with van der Waals surface area (Å²) in [7, 11) is -3.60. The summed E-state index contributed by atoms with van der Waals surface area (Å²) < 4.78 is 26.4. The molecule has 0 aliphatic heterocycles. The molecular formula is C16H22N2O5S. The van der Waals surface area contributed by atoms with Crippen LogP contribution in [-0.2, 0) is 19.6 Å². The second-order valence-corrected chi connectivity index (χ2v) is 7.68. The largest absolute Gasteiger partial charge is 0.481 e. The van der Waals surface area contributed by atoms with Gasteiger partial charge in [0.25, 0.3) is 0 Å². The number of nitrogens with one attached hydrogen (secondary N) is 2. The zero-order valence-corrected chi connectivity index (χ0v) is 14.1. The van der Waals surface area contributed by atoms with Crippen LogP contribution in [0.5, 0.6) is 0 Å². The van der Waals surface area contributed by atoms with E-state index in [-0.39, 0.29) is 35.7 Å². The van der Waals surface area contributed by atoms with Gasteiger partial charge in [-0.15, -0.1) is 0 Å².